The van der Waals surface area contributed by atoms with Gasteiger partial charge in [0.1, 0.15) is 0 Å². The molecule has 0 aliphatic heterocycles. The highest BCUT2D eigenvalue weighted by Gasteiger charge is 2.06. The van der Waals surface area contributed by atoms with Crippen LogP contribution in [-0.4, -0.2) is 21.8 Å². The van der Waals surface area contributed by atoms with E-state index in [0.717, 1.165) is 5.69 Å². The number of pyridine rings is 1. The molecule has 1 aromatic rings. The molecule has 0 unspecified atom stereocenters. The molecule has 0 aromatic carbocycles. The first-order valence-corrected chi connectivity index (χ1v) is 4.17. The maximum absolute atomic E-state index is 11.3. The van der Waals surface area contributed by atoms with Crippen molar-refractivity contribution in [2.75, 3.05) is 6.61 Å². The van der Waals surface area contributed by atoms with Gasteiger partial charge in [-0.1, -0.05) is 0 Å². The normalized spacial score (nSPS) is 10.3. The van der Waals surface area contributed by atoms with Crippen LogP contribution in [0.15, 0.2) is 11.0 Å². The van der Waals surface area contributed by atoms with Crippen molar-refractivity contribution in [3.05, 3.63) is 27.7 Å². The molecule has 0 fully saturated rings. The number of H-pyrrole nitrogens is 1. The summed E-state index contributed by atoms with van der Waals surface area (Å²) in [6.07, 6.45) is 2.31. The van der Waals surface area contributed by atoms with Crippen molar-refractivity contribution in [2.45, 2.75) is 19.8 Å². The van der Waals surface area contributed by atoms with Crippen LogP contribution in [-0.2, 0) is 6.42 Å². The van der Waals surface area contributed by atoms with Crippen molar-refractivity contribution in [3.63, 3.8) is 0 Å². The van der Waals surface area contributed by atoms with Gasteiger partial charge in [-0.2, -0.15) is 0 Å². The van der Waals surface area contributed by atoms with Gasteiger partial charge in [-0.05, 0) is 19.8 Å². The highest BCUT2D eigenvalue weighted by molar-refractivity contribution is 5.27. The summed E-state index contributed by atoms with van der Waals surface area (Å²) in [5, 5.41) is 17.7. The summed E-state index contributed by atoms with van der Waals surface area (Å²) in [5.41, 5.74) is 0.954. The number of hydrogen-bond acceptors (Lipinski definition) is 3. The van der Waals surface area contributed by atoms with E-state index in [9.17, 15) is 4.79 Å². The van der Waals surface area contributed by atoms with Crippen molar-refractivity contribution >= 4 is 0 Å². The molecule has 0 spiro atoms. The standard InChI is InChI=1S/C9H13NO3/c1-6-7(3-2-4-11)9(13)8(12)5-10-6/h5,11-12H,2-4H2,1H3,(H,10,13). The molecule has 0 radical (unpaired) electrons. The van der Waals surface area contributed by atoms with E-state index >= 15 is 0 Å². The molecule has 13 heavy (non-hydrogen) atoms. The molecular weight excluding hydrogens is 170 g/mol. The third-order valence-corrected chi connectivity index (χ3v) is 1.97. The van der Waals surface area contributed by atoms with E-state index in [4.69, 9.17) is 10.2 Å². The maximum atomic E-state index is 11.3. The van der Waals surface area contributed by atoms with Crippen LogP contribution in [0.1, 0.15) is 17.7 Å². The number of aliphatic hydroxyl groups is 1. The maximum Gasteiger partial charge on any atom is 0.226 e. The van der Waals surface area contributed by atoms with Crippen molar-refractivity contribution in [3.8, 4) is 5.75 Å². The second-order valence-electron chi connectivity index (χ2n) is 2.93. The van der Waals surface area contributed by atoms with Gasteiger partial charge in [0, 0.05) is 24.1 Å². The van der Waals surface area contributed by atoms with Gasteiger partial charge in [0.15, 0.2) is 5.75 Å². The largest absolute Gasteiger partial charge is 0.503 e. The molecule has 1 heterocycles. The van der Waals surface area contributed by atoms with Crippen LogP contribution in [0.4, 0.5) is 0 Å². The van der Waals surface area contributed by atoms with Crippen LogP contribution >= 0.6 is 0 Å². The van der Waals surface area contributed by atoms with Crippen LogP contribution in [0.2, 0.25) is 0 Å². The van der Waals surface area contributed by atoms with Gasteiger partial charge in [-0.25, -0.2) is 0 Å². The quantitative estimate of drug-likeness (QED) is 0.631. The number of aryl methyl sites for hydroxylation is 1. The van der Waals surface area contributed by atoms with E-state index in [1.807, 2.05) is 0 Å². The molecule has 0 amide bonds. The lowest BCUT2D eigenvalue weighted by molar-refractivity contribution is 0.288. The average Bonchev–Trinajstić information content (AvgIpc) is 2.12. The Morgan fingerprint density at radius 1 is 1.54 bits per heavy atom. The summed E-state index contributed by atoms with van der Waals surface area (Å²) in [4.78, 5) is 14.1. The van der Waals surface area contributed by atoms with Gasteiger partial charge >= 0.3 is 0 Å². The molecule has 72 valence electrons. The van der Waals surface area contributed by atoms with Gasteiger partial charge in [0.25, 0.3) is 0 Å². The second-order valence-corrected chi connectivity index (χ2v) is 2.93. The van der Waals surface area contributed by atoms with E-state index in [2.05, 4.69) is 4.98 Å². The molecule has 1 aromatic heterocycles. The van der Waals surface area contributed by atoms with Crippen LogP contribution in [0.25, 0.3) is 0 Å². The van der Waals surface area contributed by atoms with Gasteiger partial charge in [0.2, 0.25) is 5.43 Å². The number of nitrogens with one attached hydrogen (secondary N) is 1. The summed E-state index contributed by atoms with van der Waals surface area (Å²) in [6, 6.07) is 0. The fourth-order valence-electron chi connectivity index (χ4n) is 1.21. The Labute approximate surface area is 75.9 Å². The minimum Gasteiger partial charge on any atom is -0.503 e. The molecule has 0 aliphatic carbocycles. The van der Waals surface area contributed by atoms with Crippen molar-refractivity contribution in [1.29, 1.82) is 0 Å². The Balaban J connectivity index is 3.03. The molecule has 3 N–H and O–H groups in total. The summed E-state index contributed by atoms with van der Waals surface area (Å²) in [5.74, 6) is -0.265. The number of aliphatic hydroxyl groups excluding tert-OH is 1. The fourth-order valence-corrected chi connectivity index (χ4v) is 1.21. The molecule has 4 nitrogen and oxygen atoms in total. The zero-order valence-corrected chi connectivity index (χ0v) is 7.50. The lowest BCUT2D eigenvalue weighted by Gasteiger charge is -2.03. The number of hydrogen-bond donors (Lipinski definition) is 3. The van der Waals surface area contributed by atoms with Gasteiger partial charge in [0.05, 0.1) is 0 Å². The Bertz CT molecular complexity index is 343. The van der Waals surface area contributed by atoms with Crippen LogP contribution in [0, 0.1) is 6.92 Å². The van der Waals surface area contributed by atoms with Gasteiger partial charge in [-0.3, -0.25) is 4.79 Å². The lowest BCUT2D eigenvalue weighted by Crippen LogP contribution is -2.12. The summed E-state index contributed by atoms with van der Waals surface area (Å²) in [6.45, 7) is 1.82. The van der Waals surface area contributed by atoms with E-state index in [1.165, 1.54) is 6.20 Å². The summed E-state index contributed by atoms with van der Waals surface area (Å²) < 4.78 is 0. The zero-order valence-electron chi connectivity index (χ0n) is 7.50. The average molecular weight is 183 g/mol. The minimum absolute atomic E-state index is 0.0501. The zero-order chi connectivity index (χ0) is 9.84. The molecule has 0 saturated heterocycles. The van der Waals surface area contributed by atoms with Crippen LogP contribution in [0.3, 0.4) is 0 Å². The predicted molar refractivity (Wildman–Crippen MR) is 48.9 cm³/mol. The van der Waals surface area contributed by atoms with Crippen molar-refractivity contribution < 1.29 is 10.2 Å². The molecule has 1 rings (SSSR count). The summed E-state index contributed by atoms with van der Waals surface area (Å²) >= 11 is 0. The minimum atomic E-state index is -0.343. The first-order chi connectivity index (χ1) is 6.16. The number of rotatable bonds is 3. The highest BCUT2D eigenvalue weighted by atomic mass is 16.3. The fraction of sp³-hybridized carbons (Fsp3) is 0.444. The Hall–Kier alpha value is -1.29. The number of aromatic nitrogens is 1. The van der Waals surface area contributed by atoms with Crippen molar-refractivity contribution in [1.82, 2.24) is 4.98 Å². The molecule has 4 heteroatoms. The van der Waals surface area contributed by atoms with E-state index in [0.29, 0.717) is 18.4 Å². The van der Waals surface area contributed by atoms with Gasteiger partial charge in [-0.15, -0.1) is 0 Å². The Morgan fingerprint density at radius 3 is 2.85 bits per heavy atom. The SMILES string of the molecule is Cc1[nH]cc(O)c(=O)c1CCCO. The topological polar surface area (TPSA) is 73.3 Å². The van der Waals surface area contributed by atoms with E-state index in [1.54, 1.807) is 6.92 Å². The smallest absolute Gasteiger partial charge is 0.226 e. The van der Waals surface area contributed by atoms with Crippen molar-refractivity contribution in [2.24, 2.45) is 0 Å². The Morgan fingerprint density at radius 2 is 2.23 bits per heavy atom. The third kappa shape index (κ3) is 2.09. The van der Waals surface area contributed by atoms with E-state index < -0.39 is 0 Å². The predicted octanol–water partition coefficient (Wildman–Crippen LogP) is 0.314. The lowest BCUT2D eigenvalue weighted by atomic mass is 10.1. The number of aromatic amines is 1. The van der Waals surface area contributed by atoms with Crippen LogP contribution < -0.4 is 5.43 Å². The number of aromatic hydroxyl groups is 1. The second kappa shape index (κ2) is 4.09. The monoisotopic (exact) mass is 183 g/mol. The molecule has 0 bridgehead atoms. The Kier molecular flexibility index (Phi) is 3.08. The van der Waals surface area contributed by atoms with Gasteiger partial charge < -0.3 is 15.2 Å². The first-order valence-electron chi connectivity index (χ1n) is 4.17. The molecule has 0 saturated carbocycles. The molecular formula is C9H13NO3. The summed E-state index contributed by atoms with van der Waals surface area (Å²) in [7, 11) is 0. The molecule has 0 atom stereocenters. The first kappa shape index (κ1) is 9.80. The highest BCUT2D eigenvalue weighted by Crippen LogP contribution is 2.06. The molecule has 0 aliphatic rings. The van der Waals surface area contributed by atoms with Crippen LogP contribution in [0.5, 0.6) is 5.75 Å². The third-order valence-electron chi connectivity index (χ3n) is 1.97. The van der Waals surface area contributed by atoms with E-state index in [-0.39, 0.29) is 17.8 Å².